The molecule has 2 aromatic carbocycles. The Kier molecular flexibility index (Phi) is 5.72. The number of amides is 2. The molecule has 0 radical (unpaired) electrons. The number of benzene rings is 2. The standard InChI is InChI=1S/C23H27N3O2/c27-22(17-25-14-11-19-5-1-2-6-21(19)16-25)24-15-18-7-9-20(10-8-18)23(28)26-12-3-4-13-26/h1-2,5-10H,3-4,11-17H2,(H,24,27). The Morgan fingerprint density at radius 1 is 0.893 bits per heavy atom. The molecule has 2 aliphatic heterocycles. The third-order valence-corrected chi connectivity index (χ3v) is 5.66. The first-order valence-electron chi connectivity index (χ1n) is 10.1. The van der Waals surface area contributed by atoms with Gasteiger partial charge < -0.3 is 10.2 Å². The molecule has 2 aliphatic rings. The molecule has 0 saturated carbocycles. The molecule has 5 nitrogen and oxygen atoms in total. The zero-order chi connectivity index (χ0) is 19.3. The van der Waals surface area contributed by atoms with Crippen molar-refractivity contribution in [3.63, 3.8) is 0 Å². The lowest BCUT2D eigenvalue weighted by Gasteiger charge is -2.28. The van der Waals surface area contributed by atoms with Crippen LogP contribution in [0.25, 0.3) is 0 Å². The van der Waals surface area contributed by atoms with E-state index < -0.39 is 0 Å². The Morgan fingerprint density at radius 2 is 1.61 bits per heavy atom. The largest absolute Gasteiger partial charge is 0.351 e. The Bertz CT molecular complexity index is 841. The molecule has 0 unspecified atom stereocenters. The molecule has 0 spiro atoms. The zero-order valence-electron chi connectivity index (χ0n) is 16.2. The van der Waals surface area contributed by atoms with Gasteiger partial charge in [-0.1, -0.05) is 36.4 Å². The van der Waals surface area contributed by atoms with E-state index in [0.717, 1.165) is 56.6 Å². The SMILES string of the molecule is O=C(CN1CCc2ccccc2C1)NCc1ccc(C(=O)N2CCCC2)cc1. The van der Waals surface area contributed by atoms with Gasteiger partial charge >= 0.3 is 0 Å². The summed E-state index contributed by atoms with van der Waals surface area (Å²) in [5.41, 5.74) is 4.45. The Morgan fingerprint density at radius 3 is 2.36 bits per heavy atom. The van der Waals surface area contributed by atoms with Gasteiger partial charge in [0, 0.05) is 38.3 Å². The number of fused-ring (bicyclic) bond motifs is 1. The Hall–Kier alpha value is -2.66. The number of nitrogens with zero attached hydrogens (tertiary/aromatic N) is 2. The van der Waals surface area contributed by atoms with E-state index in [9.17, 15) is 9.59 Å². The summed E-state index contributed by atoms with van der Waals surface area (Å²) in [5, 5.41) is 3.00. The molecule has 146 valence electrons. The Balaban J connectivity index is 1.25. The van der Waals surface area contributed by atoms with Gasteiger partial charge in [-0.15, -0.1) is 0 Å². The molecule has 2 heterocycles. The monoisotopic (exact) mass is 377 g/mol. The Labute approximate surface area is 166 Å². The lowest BCUT2D eigenvalue weighted by Crippen LogP contribution is -2.39. The van der Waals surface area contributed by atoms with Gasteiger partial charge in [-0.05, 0) is 48.1 Å². The molecular weight excluding hydrogens is 350 g/mol. The summed E-state index contributed by atoms with van der Waals surface area (Å²) in [5.74, 6) is 0.148. The maximum Gasteiger partial charge on any atom is 0.253 e. The van der Waals surface area contributed by atoms with Crippen molar-refractivity contribution in [2.24, 2.45) is 0 Å². The summed E-state index contributed by atoms with van der Waals surface area (Å²) in [6, 6.07) is 16.0. The lowest BCUT2D eigenvalue weighted by molar-refractivity contribution is -0.122. The van der Waals surface area contributed by atoms with Crippen LogP contribution in [-0.4, -0.2) is 47.8 Å². The van der Waals surface area contributed by atoms with Gasteiger partial charge in [0.15, 0.2) is 0 Å². The van der Waals surface area contributed by atoms with E-state index in [-0.39, 0.29) is 11.8 Å². The van der Waals surface area contributed by atoms with Crippen molar-refractivity contribution >= 4 is 11.8 Å². The predicted octanol–water partition coefficient (Wildman–Crippen LogP) is 2.60. The van der Waals surface area contributed by atoms with Crippen molar-refractivity contribution in [1.82, 2.24) is 15.1 Å². The molecule has 28 heavy (non-hydrogen) atoms. The predicted molar refractivity (Wildman–Crippen MR) is 109 cm³/mol. The van der Waals surface area contributed by atoms with Gasteiger partial charge in [0.25, 0.3) is 5.91 Å². The summed E-state index contributed by atoms with van der Waals surface area (Å²) in [7, 11) is 0. The van der Waals surface area contributed by atoms with E-state index in [0.29, 0.717) is 13.1 Å². The minimum atomic E-state index is 0.0385. The average Bonchev–Trinajstić information content (AvgIpc) is 3.27. The molecule has 1 saturated heterocycles. The molecule has 0 atom stereocenters. The van der Waals surface area contributed by atoms with Crippen LogP contribution < -0.4 is 5.32 Å². The molecule has 1 N–H and O–H groups in total. The topological polar surface area (TPSA) is 52.7 Å². The van der Waals surface area contributed by atoms with Crippen molar-refractivity contribution in [2.45, 2.75) is 32.4 Å². The summed E-state index contributed by atoms with van der Waals surface area (Å²) in [6.45, 7) is 4.37. The van der Waals surface area contributed by atoms with Gasteiger partial charge in [0.2, 0.25) is 5.91 Å². The van der Waals surface area contributed by atoms with E-state index >= 15 is 0 Å². The molecule has 2 amide bonds. The summed E-state index contributed by atoms with van der Waals surface area (Å²) >= 11 is 0. The number of hydrogen-bond acceptors (Lipinski definition) is 3. The van der Waals surface area contributed by atoms with Gasteiger partial charge in [-0.25, -0.2) is 0 Å². The molecule has 2 aromatic rings. The number of nitrogens with one attached hydrogen (secondary N) is 1. The first-order valence-corrected chi connectivity index (χ1v) is 10.1. The fraction of sp³-hybridized carbons (Fsp3) is 0.391. The van der Waals surface area contributed by atoms with Crippen molar-refractivity contribution in [2.75, 3.05) is 26.2 Å². The summed E-state index contributed by atoms with van der Waals surface area (Å²) < 4.78 is 0. The molecule has 0 aliphatic carbocycles. The highest BCUT2D eigenvalue weighted by Gasteiger charge is 2.20. The number of carbonyl (C=O) groups excluding carboxylic acids is 2. The van der Waals surface area contributed by atoms with Crippen molar-refractivity contribution < 1.29 is 9.59 Å². The molecular formula is C23H27N3O2. The van der Waals surface area contributed by atoms with Gasteiger partial charge in [-0.3, -0.25) is 14.5 Å². The minimum absolute atomic E-state index is 0.0385. The van der Waals surface area contributed by atoms with E-state index in [2.05, 4.69) is 34.5 Å². The smallest absolute Gasteiger partial charge is 0.253 e. The van der Waals surface area contributed by atoms with E-state index in [1.807, 2.05) is 29.2 Å². The second-order valence-electron chi connectivity index (χ2n) is 7.70. The van der Waals surface area contributed by atoms with E-state index in [1.54, 1.807) is 0 Å². The molecule has 5 heteroatoms. The normalized spacial score (nSPS) is 16.6. The van der Waals surface area contributed by atoms with Crippen molar-refractivity contribution in [3.05, 3.63) is 70.8 Å². The average molecular weight is 377 g/mol. The maximum atomic E-state index is 12.4. The van der Waals surface area contributed by atoms with Gasteiger partial charge in [0.05, 0.1) is 6.54 Å². The van der Waals surface area contributed by atoms with Crippen molar-refractivity contribution in [1.29, 1.82) is 0 Å². The zero-order valence-corrected chi connectivity index (χ0v) is 16.2. The minimum Gasteiger partial charge on any atom is -0.351 e. The highest BCUT2D eigenvalue weighted by atomic mass is 16.2. The quantitative estimate of drug-likeness (QED) is 0.871. The van der Waals surface area contributed by atoms with Crippen LogP contribution in [-0.2, 0) is 24.3 Å². The first-order chi connectivity index (χ1) is 13.7. The first kappa shape index (κ1) is 18.7. The number of hydrogen-bond donors (Lipinski definition) is 1. The summed E-state index contributed by atoms with van der Waals surface area (Å²) in [6.07, 6.45) is 3.19. The molecule has 4 rings (SSSR count). The highest BCUT2D eigenvalue weighted by Crippen LogP contribution is 2.18. The molecule has 0 bridgehead atoms. The van der Waals surface area contributed by atoms with Crippen LogP contribution in [0.15, 0.2) is 48.5 Å². The second-order valence-corrected chi connectivity index (χ2v) is 7.70. The fourth-order valence-corrected chi connectivity index (χ4v) is 4.02. The van der Waals surface area contributed by atoms with Gasteiger partial charge in [0.1, 0.15) is 0 Å². The third kappa shape index (κ3) is 4.42. The van der Waals surface area contributed by atoms with Crippen LogP contribution in [0.3, 0.4) is 0 Å². The summed E-state index contributed by atoms with van der Waals surface area (Å²) in [4.78, 5) is 28.8. The van der Waals surface area contributed by atoms with Crippen LogP contribution in [0.4, 0.5) is 0 Å². The number of carbonyl (C=O) groups is 2. The third-order valence-electron chi connectivity index (χ3n) is 5.66. The fourth-order valence-electron chi connectivity index (χ4n) is 4.02. The van der Waals surface area contributed by atoms with Crippen molar-refractivity contribution in [3.8, 4) is 0 Å². The molecule has 1 fully saturated rings. The molecule has 0 aromatic heterocycles. The van der Waals surface area contributed by atoms with Crippen LogP contribution in [0.2, 0.25) is 0 Å². The van der Waals surface area contributed by atoms with E-state index in [1.165, 1.54) is 11.1 Å². The van der Waals surface area contributed by atoms with Gasteiger partial charge in [-0.2, -0.15) is 0 Å². The number of likely N-dealkylation sites (tertiary alicyclic amines) is 1. The van der Waals surface area contributed by atoms with E-state index in [4.69, 9.17) is 0 Å². The lowest BCUT2D eigenvalue weighted by atomic mass is 10.00. The number of rotatable bonds is 5. The maximum absolute atomic E-state index is 12.4. The second kappa shape index (κ2) is 8.57. The highest BCUT2D eigenvalue weighted by molar-refractivity contribution is 5.94. The van der Waals surface area contributed by atoms with Crippen LogP contribution in [0.5, 0.6) is 0 Å². The van der Waals surface area contributed by atoms with Crippen LogP contribution >= 0.6 is 0 Å². The van der Waals surface area contributed by atoms with Crippen LogP contribution in [0.1, 0.15) is 39.9 Å². The van der Waals surface area contributed by atoms with Crippen LogP contribution in [0, 0.1) is 0 Å².